The lowest BCUT2D eigenvalue weighted by Crippen LogP contribution is -2.24. The third-order valence-electron chi connectivity index (χ3n) is 1.18. The van der Waals surface area contributed by atoms with Crippen LogP contribution in [0.2, 0.25) is 0 Å². The number of carbonyl (C=O) groups excluding carboxylic acids is 1. The van der Waals surface area contributed by atoms with Crippen LogP contribution in [-0.4, -0.2) is 11.0 Å². The van der Waals surface area contributed by atoms with Gasteiger partial charge in [0.15, 0.2) is 3.92 Å². The second kappa shape index (κ2) is 3.32. The molecule has 0 N–H and O–H groups in total. The van der Waals surface area contributed by atoms with Gasteiger partial charge in [0.05, 0.1) is 5.69 Å². The maximum absolute atomic E-state index is 10.2. The molecule has 11 heavy (non-hydrogen) atoms. The van der Waals surface area contributed by atoms with Gasteiger partial charge in [-0.3, -0.25) is 0 Å². The normalized spacial score (nSPS) is 10.0. The number of carboxylic acids is 1. The maximum atomic E-state index is 10.2. The first-order valence-electron chi connectivity index (χ1n) is 2.91. The second-order valence-electron chi connectivity index (χ2n) is 2.02. The predicted molar refractivity (Wildman–Crippen MR) is 43.3 cm³/mol. The number of halogens is 1. The summed E-state index contributed by atoms with van der Waals surface area (Å²) in [6, 6.07) is 0. The molecule has 3 nitrogen and oxygen atoms in total. The van der Waals surface area contributed by atoms with E-state index < -0.39 is 5.97 Å². The molecule has 0 fully saturated rings. The Bertz CT molecular complexity index is 284. The molecule has 5 heteroatoms. The lowest BCUT2D eigenvalue weighted by atomic mass is 10.3. The molecule has 0 amide bonds. The standard InChI is InChI=1S/C6H6BrNO2S/c1-3-4(2-5(9)10)8-6(7)11-3/h2H2,1H3,(H,9,10)/p-1. The lowest BCUT2D eigenvalue weighted by molar-refractivity contribution is -0.304. The summed E-state index contributed by atoms with van der Waals surface area (Å²) in [6.07, 6.45) is -0.103. The summed E-state index contributed by atoms with van der Waals surface area (Å²) in [7, 11) is 0. The van der Waals surface area contributed by atoms with E-state index in [0.717, 1.165) is 4.88 Å². The Balaban J connectivity index is 2.85. The van der Waals surface area contributed by atoms with Crippen LogP contribution in [0.3, 0.4) is 0 Å². The topological polar surface area (TPSA) is 53.0 Å². The lowest BCUT2D eigenvalue weighted by Gasteiger charge is -1.97. The summed E-state index contributed by atoms with van der Waals surface area (Å²) < 4.78 is 0.714. The highest BCUT2D eigenvalue weighted by Gasteiger charge is 2.04. The Labute approximate surface area is 76.2 Å². The zero-order valence-corrected chi connectivity index (χ0v) is 8.16. The molecule has 1 heterocycles. The maximum Gasteiger partial charge on any atom is 0.159 e. The number of hydrogen-bond donors (Lipinski definition) is 0. The largest absolute Gasteiger partial charge is 0.550 e. The monoisotopic (exact) mass is 234 g/mol. The number of aromatic nitrogens is 1. The van der Waals surface area contributed by atoms with Crippen LogP contribution in [-0.2, 0) is 11.2 Å². The van der Waals surface area contributed by atoms with Gasteiger partial charge in [-0.05, 0) is 22.9 Å². The van der Waals surface area contributed by atoms with Crippen molar-refractivity contribution in [2.75, 3.05) is 0 Å². The first-order valence-corrected chi connectivity index (χ1v) is 4.52. The Morgan fingerprint density at radius 2 is 2.45 bits per heavy atom. The van der Waals surface area contributed by atoms with Crippen LogP contribution in [0.1, 0.15) is 10.6 Å². The van der Waals surface area contributed by atoms with Crippen molar-refractivity contribution < 1.29 is 9.90 Å². The number of rotatable bonds is 2. The van der Waals surface area contributed by atoms with Crippen LogP contribution in [0.5, 0.6) is 0 Å². The molecule has 1 aromatic heterocycles. The molecule has 0 aliphatic rings. The van der Waals surface area contributed by atoms with Gasteiger partial charge in [-0.15, -0.1) is 11.3 Å². The predicted octanol–water partition coefficient (Wildman–Crippen LogP) is 0.506. The zero-order valence-electron chi connectivity index (χ0n) is 5.76. The molecule has 0 atom stereocenters. The van der Waals surface area contributed by atoms with Crippen LogP contribution < -0.4 is 5.11 Å². The number of thiazole rings is 1. The van der Waals surface area contributed by atoms with E-state index in [0.29, 0.717) is 9.61 Å². The van der Waals surface area contributed by atoms with Gasteiger partial charge < -0.3 is 9.90 Å². The molecule has 0 aliphatic heterocycles. The van der Waals surface area contributed by atoms with E-state index in [1.807, 2.05) is 6.92 Å². The molecule has 0 saturated heterocycles. The fourth-order valence-electron chi connectivity index (χ4n) is 0.694. The summed E-state index contributed by atoms with van der Waals surface area (Å²) in [4.78, 5) is 15.1. The molecule has 0 radical (unpaired) electrons. The van der Waals surface area contributed by atoms with E-state index in [9.17, 15) is 9.90 Å². The van der Waals surface area contributed by atoms with Crippen molar-refractivity contribution in [1.29, 1.82) is 0 Å². The summed E-state index contributed by atoms with van der Waals surface area (Å²) in [5.41, 5.74) is 0.585. The first-order chi connectivity index (χ1) is 5.09. The fraction of sp³-hybridized carbons (Fsp3) is 0.333. The molecule has 1 aromatic rings. The van der Waals surface area contributed by atoms with E-state index in [1.54, 1.807) is 0 Å². The van der Waals surface area contributed by atoms with E-state index in [-0.39, 0.29) is 6.42 Å². The summed E-state index contributed by atoms with van der Waals surface area (Å²) >= 11 is 4.59. The van der Waals surface area contributed by atoms with Crippen LogP contribution in [0.4, 0.5) is 0 Å². The molecule has 0 aliphatic carbocycles. The van der Waals surface area contributed by atoms with E-state index in [2.05, 4.69) is 20.9 Å². The Morgan fingerprint density at radius 3 is 2.82 bits per heavy atom. The van der Waals surface area contributed by atoms with Gasteiger partial charge in [0, 0.05) is 17.3 Å². The minimum absolute atomic E-state index is 0.103. The van der Waals surface area contributed by atoms with Gasteiger partial charge >= 0.3 is 0 Å². The zero-order chi connectivity index (χ0) is 8.43. The van der Waals surface area contributed by atoms with Crippen molar-refractivity contribution >= 4 is 33.2 Å². The van der Waals surface area contributed by atoms with Crippen LogP contribution in [0.25, 0.3) is 0 Å². The second-order valence-corrected chi connectivity index (χ2v) is 4.50. The highest BCUT2D eigenvalue weighted by atomic mass is 79.9. The van der Waals surface area contributed by atoms with Gasteiger partial charge in [0.25, 0.3) is 0 Å². The number of nitrogens with zero attached hydrogens (tertiary/aromatic N) is 1. The van der Waals surface area contributed by atoms with Crippen molar-refractivity contribution in [3.05, 3.63) is 14.5 Å². The minimum Gasteiger partial charge on any atom is -0.550 e. The number of carboxylic acid groups (broad SMARTS) is 1. The van der Waals surface area contributed by atoms with Crippen molar-refractivity contribution in [2.45, 2.75) is 13.3 Å². The number of aliphatic carboxylic acids is 1. The average molecular weight is 235 g/mol. The number of hydrogen-bond acceptors (Lipinski definition) is 4. The van der Waals surface area contributed by atoms with Crippen molar-refractivity contribution in [2.24, 2.45) is 0 Å². The van der Waals surface area contributed by atoms with Gasteiger partial charge in [-0.25, -0.2) is 4.98 Å². The van der Waals surface area contributed by atoms with Crippen LogP contribution in [0.15, 0.2) is 3.92 Å². The van der Waals surface area contributed by atoms with Crippen molar-refractivity contribution in [3.8, 4) is 0 Å². The molecule has 0 aromatic carbocycles. The Kier molecular flexibility index (Phi) is 2.62. The van der Waals surface area contributed by atoms with E-state index in [4.69, 9.17) is 0 Å². The Hall–Kier alpha value is -0.420. The van der Waals surface area contributed by atoms with Gasteiger partial charge in [0.1, 0.15) is 0 Å². The number of carbonyl (C=O) groups is 1. The molecule has 0 saturated carbocycles. The van der Waals surface area contributed by atoms with Crippen LogP contribution >= 0.6 is 27.3 Å². The van der Waals surface area contributed by atoms with Gasteiger partial charge in [0.2, 0.25) is 0 Å². The van der Waals surface area contributed by atoms with E-state index >= 15 is 0 Å². The molecule has 60 valence electrons. The molecule has 0 bridgehead atoms. The summed E-state index contributed by atoms with van der Waals surface area (Å²) in [5, 5.41) is 10.2. The molecule has 0 spiro atoms. The highest BCUT2D eigenvalue weighted by Crippen LogP contribution is 2.22. The van der Waals surface area contributed by atoms with Gasteiger partial charge in [-0.1, -0.05) is 0 Å². The summed E-state index contributed by atoms with van der Waals surface area (Å²) in [6.45, 7) is 1.83. The molecule has 0 unspecified atom stereocenters. The van der Waals surface area contributed by atoms with Crippen molar-refractivity contribution in [1.82, 2.24) is 4.98 Å². The highest BCUT2D eigenvalue weighted by molar-refractivity contribution is 9.11. The Morgan fingerprint density at radius 1 is 1.82 bits per heavy atom. The SMILES string of the molecule is Cc1sc(Br)nc1CC(=O)[O-]. The summed E-state index contributed by atoms with van der Waals surface area (Å²) in [5.74, 6) is -1.09. The molecular formula is C6H5BrNO2S-. The van der Waals surface area contributed by atoms with Crippen LogP contribution in [0, 0.1) is 6.92 Å². The average Bonchev–Trinajstić information content (AvgIpc) is 2.09. The first kappa shape index (κ1) is 8.67. The molecule has 1 rings (SSSR count). The fourth-order valence-corrected chi connectivity index (χ4v) is 2.28. The van der Waals surface area contributed by atoms with Gasteiger partial charge in [-0.2, -0.15) is 0 Å². The quantitative estimate of drug-likeness (QED) is 0.750. The van der Waals surface area contributed by atoms with E-state index in [1.165, 1.54) is 11.3 Å². The number of aryl methyl sites for hydroxylation is 1. The minimum atomic E-state index is -1.09. The third kappa shape index (κ3) is 2.27. The van der Waals surface area contributed by atoms with Crippen molar-refractivity contribution in [3.63, 3.8) is 0 Å². The molecular weight excluding hydrogens is 230 g/mol. The smallest absolute Gasteiger partial charge is 0.159 e. The third-order valence-corrected chi connectivity index (χ3v) is 2.64.